The van der Waals surface area contributed by atoms with Crippen molar-refractivity contribution < 1.29 is 9.64 Å². The monoisotopic (exact) mass is 259 g/mol. The number of aromatic nitrogens is 1. The summed E-state index contributed by atoms with van der Waals surface area (Å²) in [4.78, 5) is 8.75. The van der Waals surface area contributed by atoms with Gasteiger partial charge < -0.3 is 9.64 Å². The number of nitrogens with one attached hydrogen (secondary N) is 1. The summed E-state index contributed by atoms with van der Waals surface area (Å²) in [6.07, 6.45) is 2.76. The van der Waals surface area contributed by atoms with Crippen molar-refractivity contribution in [3.63, 3.8) is 0 Å². The molecule has 2 saturated heterocycles. The minimum Gasteiger partial charge on any atom is -0.464 e. The van der Waals surface area contributed by atoms with Gasteiger partial charge in [-0.15, -0.1) is 0 Å². The molecular weight excluding hydrogens is 238 g/mol. The number of ether oxygens (including phenoxy) is 1. The molecule has 0 aliphatic carbocycles. The molecule has 0 spiro atoms. The van der Waals surface area contributed by atoms with Crippen molar-refractivity contribution in [1.82, 2.24) is 9.88 Å². The largest absolute Gasteiger partial charge is 0.464 e. The van der Waals surface area contributed by atoms with Crippen LogP contribution in [0.1, 0.15) is 23.4 Å². The Kier molecular flexibility index (Phi) is 2.83. The van der Waals surface area contributed by atoms with E-state index in [1.807, 2.05) is 0 Å². The highest BCUT2D eigenvalue weighted by Gasteiger charge is 2.38. The molecule has 3 aliphatic rings. The number of rotatable bonds is 2. The standard InChI is InChI=1S/C15H21N3O/c1-17-5-4-15-11(7-17)2-3-12(16-15)8-18-9-14-6-13(18)10-19-14/h2-3,13-14,17H,1,4-10H2/t13-,14-/m1/s1. The molecule has 1 N–H and O–H groups in total. The molecule has 3 aliphatic heterocycles. The zero-order chi connectivity index (χ0) is 12.8. The van der Waals surface area contributed by atoms with Crippen molar-refractivity contribution in [1.29, 1.82) is 0 Å². The second kappa shape index (κ2) is 4.54. The molecule has 1 unspecified atom stereocenters. The lowest BCUT2D eigenvalue weighted by molar-refractivity contribution is -0.870. The summed E-state index contributed by atoms with van der Waals surface area (Å²) < 4.78 is 5.65. The summed E-state index contributed by atoms with van der Waals surface area (Å²) in [5, 5.41) is 0. The topological polar surface area (TPSA) is 29.8 Å². The molecule has 0 radical (unpaired) electrons. The molecule has 4 heteroatoms. The van der Waals surface area contributed by atoms with Crippen LogP contribution in [0.15, 0.2) is 12.1 Å². The Hall–Kier alpha value is -0.970. The van der Waals surface area contributed by atoms with Gasteiger partial charge in [0.1, 0.15) is 0 Å². The van der Waals surface area contributed by atoms with E-state index in [1.165, 1.54) is 28.3 Å². The van der Waals surface area contributed by atoms with Gasteiger partial charge in [0.2, 0.25) is 0 Å². The lowest BCUT2D eigenvalue weighted by atomic mass is 10.1. The van der Waals surface area contributed by atoms with Crippen LogP contribution < -0.4 is 4.90 Å². The van der Waals surface area contributed by atoms with Crippen LogP contribution in [0, 0.1) is 7.05 Å². The number of pyridine rings is 1. The predicted octanol–water partition coefficient (Wildman–Crippen LogP) is -0.213. The van der Waals surface area contributed by atoms with Crippen molar-refractivity contribution in [3.05, 3.63) is 36.1 Å². The van der Waals surface area contributed by atoms with Gasteiger partial charge in [-0.1, -0.05) is 0 Å². The van der Waals surface area contributed by atoms with E-state index in [2.05, 4.69) is 24.1 Å². The maximum Gasteiger partial charge on any atom is 0.0806 e. The summed E-state index contributed by atoms with van der Waals surface area (Å²) in [7, 11) is 4.09. The van der Waals surface area contributed by atoms with Crippen LogP contribution in [0.25, 0.3) is 0 Å². The van der Waals surface area contributed by atoms with E-state index in [0.717, 1.165) is 39.2 Å². The zero-order valence-corrected chi connectivity index (χ0v) is 11.3. The normalized spacial score (nSPS) is 33.6. The van der Waals surface area contributed by atoms with E-state index < -0.39 is 0 Å². The molecule has 2 fully saturated rings. The number of hydrogen-bond donors (Lipinski definition) is 1. The van der Waals surface area contributed by atoms with Gasteiger partial charge in [0.15, 0.2) is 0 Å². The Bertz CT molecular complexity index is 490. The van der Waals surface area contributed by atoms with Crippen molar-refractivity contribution >= 4 is 0 Å². The Labute approximate surface area is 114 Å². The van der Waals surface area contributed by atoms with Crippen LogP contribution in [-0.2, 0) is 24.2 Å². The minimum atomic E-state index is 0.478. The first kappa shape index (κ1) is 11.8. The number of morpholine rings is 1. The minimum absolute atomic E-state index is 0.478. The van der Waals surface area contributed by atoms with E-state index in [-0.39, 0.29) is 0 Å². The molecule has 3 atom stereocenters. The van der Waals surface area contributed by atoms with E-state index in [0.29, 0.717) is 12.1 Å². The van der Waals surface area contributed by atoms with E-state index in [1.54, 1.807) is 0 Å². The molecule has 1 aromatic rings. The zero-order valence-electron chi connectivity index (χ0n) is 11.3. The molecule has 4 rings (SSSR count). The van der Waals surface area contributed by atoms with Crippen LogP contribution in [-0.4, -0.2) is 41.7 Å². The average Bonchev–Trinajstić information content (AvgIpc) is 3.01. The third kappa shape index (κ3) is 2.18. The molecule has 19 heavy (non-hydrogen) atoms. The van der Waals surface area contributed by atoms with E-state index in [9.17, 15) is 0 Å². The maximum absolute atomic E-state index is 5.65. The second-order valence-corrected chi connectivity index (χ2v) is 6.11. The quantitative estimate of drug-likeness (QED) is 0.745. The van der Waals surface area contributed by atoms with Gasteiger partial charge >= 0.3 is 0 Å². The fourth-order valence-corrected chi connectivity index (χ4v) is 3.57. The van der Waals surface area contributed by atoms with Gasteiger partial charge in [0.05, 0.1) is 37.2 Å². The summed E-state index contributed by atoms with van der Waals surface area (Å²) in [6.45, 7) is 5.10. The third-order valence-corrected chi connectivity index (χ3v) is 4.66. The number of likely N-dealkylation sites (tertiary alicyclic amines) is 1. The predicted molar refractivity (Wildman–Crippen MR) is 71.4 cm³/mol. The molecule has 2 bridgehead atoms. The van der Waals surface area contributed by atoms with E-state index in [4.69, 9.17) is 9.72 Å². The van der Waals surface area contributed by atoms with Gasteiger partial charge in [0.25, 0.3) is 0 Å². The van der Waals surface area contributed by atoms with E-state index >= 15 is 0 Å². The Morgan fingerprint density at radius 3 is 3.21 bits per heavy atom. The molecule has 0 amide bonds. The smallest absolute Gasteiger partial charge is 0.0806 e. The van der Waals surface area contributed by atoms with Crippen LogP contribution >= 0.6 is 0 Å². The molecule has 1 aromatic heterocycles. The Morgan fingerprint density at radius 2 is 2.42 bits per heavy atom. The van der Waals surface area contributed by atoms with Crippen LogP contribution in [0.3, 0.4) is 0 Å². The fourth-order valence-electron chi connectivity index (χ4n) is 3.57. The van der Waals surface area contributed by atoms with Gasteiger partial charge in [-0.2, -0.15) is 7.05 Å². The van der Waals surface area contributed by atoms with Crippen molar-refractivity contribution in [2.75, 3.05) is 19.7 Å². The highest BCUT2D eigenvalue weighted by atomic mass is 16.5. The fraction of sp³-hybridized carbons (Fsp3) is 0.600. The highest BCUT2D eigenvalue weighted by Crippen LogP contribution is 2.28. The molecule has 102 valence electrons. The molecule has 4 heterocycles. The first-order valence-corrected chi connectivity index (χ1v) is 7.28. The highest BCUT2D eigenvalue weighted by molar-refractivity contribution is 5.24. The third-order valence-electron chi connectivity index (χ3n) is 4.66. The van der Waals surface area contributed by atoms with Crippen LogP contribution in [0.4, 0.5) is 0 Å². The van der Waals surface area contributed by atoms with Crippen LogP contribution in [0.2, 0.25) is 0 Å². The SMILES string of the molecule is [CH2-][NH+]1CCc2nc(CN3C[C@H]4C[C@@H]3CO4)ccc2C1. The lowest BCUT2D eigenvalue weighted by Crippen LogP contribution is -3.06. The number of nitrogens with zero attached hydrogens (tertiary/aromatic N) is 2. The Morgan fingerprint density at radius 1 is 1.47 bits per heavy atom. The average molecular weight is 259 g/mol. The Balaban J connectivity index is 1.50. The second-order valence-electron chi connectivity index (χ2n) is 6.11. The first-order chi connectivity index (χ1) is 9.28. The van der Waals surface area contributed by atoms with Gasteiger partial charge in [-0.25, -0.2) is 0 Å². The summed E-state index contributed by atoms with van der Waals surface area (Å²) in [5.41, 5.74) is 3.90. The molecule has 4 nitrogen and oxygen atoms in total. The lowest BCUT2D eigenvalue weighted by Gasteiger charge is -2.29. The summed E-state index contributed by atoms with van der Waals surface area (Å²) in [5.74, 6) is 0. The number of hydrogen-bond acceptors (Lipinski definition) is 3. The maximum atomic E-state index is 5.65. The van der Waals surface area contributed by atoms with Crippen molar-refractivity contribution in [2.45, 2.75) is 38.1 Å². The molecule has 0 aromatic carbocycles. The van der Waals surface area contributed by atoms with Crippen LogP contribution in [0.5, 0.6) is 0 Å². The van der Waals surface area contributed by atoms with Crippen molar-refractivity contribution in [3.8, 4) is 0 Å². The van der Waals surface area contributed by atoms with Gasteiger partial charge in [-0.3, -0.25) is 9.88 Å². The summed E-state index contributed by atoms with van der Waals surface area (Å²) in [6, 6.07) is 5.08. The first-order valence-electron chi connectivity index (χ1n) is 7.28. The number of quaternary nitrogens is 1. The molecular formula is C15H21N3O. The van der Waals surface area contributed by atoms with Gasteiger partial charge in [0, 0.05) is 31.1 Å². The van der Waals surface area contributed by atoms with Crippen molar-refractivity contribution in [2.24, 2.45) is 0 Å². The number of fused-ring (bicyclic) bond motifs is 3. The summed E-state index contributed by atoms with van der Waals surface area (Å²) >= 11 is 0. The van der Waals surface area contributed by atoms with Gasteiger partial charge in [-0.05, 0) is 18.6 Å². The molecule has 0 saturated carbocycles.